The molecule has 0 bridgehead atoms. The molecule has 0 saturated carbocycles. The van der Waals surface area contributed by atoms with Crippen LogP contribution in [0.1, 0.15) is 6.92 Å². The first-order valence-electron chi connectivity index (χ1n) is 5.86. The van der Waals surface area contributed by atoms with Gasteiger partial charge >= 0.3 is 0 Å². The van der Waals surface area contributed by atoms with Gasteiger partial charge in [0, 0.05) is 18.4 Å². The molecule has 0 unspecified atom stereocenters. The van der Waals surface area contributed by atoms with Gasteiger partial charge in [-0.2, -0.15) is 5.10 Å². The minimum Gasteiger partial charge on any atom is -0.282 e. The lowest BCUT2D eigenvalue weighted by Gasteiger charge is -2.04. The molecule has 3 aromatic rings. The van der Waals surface area contributed by atoms with E-state index < -0.39 is 0 Å². The number of aryl methyl sites for hydroxylation is 1. The number of para-hydroxylation sites is 1. The molecule has 0 radical (unpaired) electrons. The molecule has 0 saturated heterocycles. The van der Waals surface area contributed by atoms with Crippen molar-refractivity contribution in [2.45, 2.75) is 13.5 Å². The topological polar surface area (TPSA) is 48.5 Å². The highest BCUT2D eigenvalue weighted by Gasteiger charge is 2.10. The highest BCUT2D eigenvalue weighted by Crippen LogP contribution is 2.19. The van der Waals surface area contributed by atoms with Crippen molar-refractivity contribution in [2.24, 2.45) is 0 Å². The predicted octanol–water partition coefficient (Wildman–Crippen LogP) is 2.15. The van der Waals surface area contributed by atoms with E-state index in [4.69, 9.17) is 0 Å². The molecule has 0 amide bonds. The standard InChI is InChI=1S/C13H13N5/c1-2-17-9-11(8-15-17)13-16-14-10-18(13)12-6-4-3-5-7-12/h3-10H,2H2,1H3. The average Bonchev–Trinajstić information content (AvgIpc) is 3.08. The summed E-state index contributed by atoms with van der Waals surface area (Å²) in [6.45, 7) is 2.90. The largest absolute Gasteiger partial charge is 0.282 e. The monoisotopic (exact) mass is 239 g/mol. The maximum Gasteiger partial charge on any atom is 0.171 e. The third-order valence-corrected chi connectivity index (χ3v) is 2.80. The summed E-state index contributed by atoms with van der Waals surface area (Å²) in [5.41, 5.74) is 2.01. The zero-order valence-corrected chi connectivity index (χ0v) is 10.1. The average molecular weight is 239 g/mol. The van der Waals surface area contributed by atoms with Crippen LogP contribution in [0.25, 0.3) is 17.1 Å². The first kappa shape index (κ1) is 10.7. The summed E-state index contributed by atoms with van der Waals surface area (Å²) in [6, 6.07) is 10.0. The molecule has 0 fully saturated rings. The zero-order chi connectivity index (χ0) is 12.4. The first-order chi connectivity index (χ1) is 8.88. The molecule has 90 valence electrons. The highest BCUT2D eigenvalue weighted by atomic mass is 15.3. The Morgan fingerprint density at radius 1 is 1.17 bits per heavy atom. The maximum atomic E-state index is 4.26. The normalized spacial score (nSPS) is 10.7. The predicted molar refractivity (Wildman–Crippen MR) is 68.3 cm³/mol. The summed E-state index contributed by atoms with van der Waals surface area (Å²) >= 11 is 0. The van der Waals surface area contributed by atoms with Gasteiger partial charge < -0.3 is 0 Å². The molecule has 5 heteroatoms. The van der Waals surface area contributed by atoms with Gasteiger partial charge in [-0.05, 0) is 19.1 Å². The van der Waals surface area contributed by atoms with E-state index in [9.17, 15) is 0 Å². The molecule has 18 heavy (non-hydrogen) atoms. The smallest absolute Gasteiger partial charge is 0.171 e. The van der Waals surface area contributed by atoms with Crippen molar-refractivity contribution in [3.8, 4) is 17.1 Å². The molecule has 0 aliphatic heterocycles. The molecule has 0 N–H and O–H groups in total. The number of aromatic nitrogens is 5. The molecule has 0 spiro atoms. The van der Waals surface area contributed by atoms with Crippen LogP contribution >= 0.6 is 0 Å². The van der Waals surface area contributed by atoms with Gasteiger partial charge in [-0.25, -0.2) is 0 Å². The second-order valence-electron chi connectivity index (χ2n) is 3.94. The summed E-state index contributed by atoms with van der Waals surface area (Å²) in [4.78, 5) is 0. The van der Waals surface area contributed by atoms with Crippen LogP contribution in [0.15, 0.2) is 49.1 Å². The zero-order valence-electron chi connectivity index (χ0n) is 10.1. The number of hydrogen-bond donors (Lipinski definition) is 0. The summed E-state index contributed by atoms with van der Waals surface area (Å²) in [7, 11) is 0. The van der Waals surface area contributed by atoms with E-state index in [1.54, 1.807) is 6.33 Å². The van der Waals surface area contributed by atoms with Gasteiger partial charge in [0.25, 0.3) is 0 Å². The van der Waals surface area contributed by atoms with Crippen LogP contribution in [0.3, 0.4) is 0 Å². The fourth-order valence-electron chi connectivity index (χ4n) is 1.86. The van der Waals surface area contributed by atoms with Crippen LogP contribution in [0.2, 0.25) is 0 Å². The van der Waals surface area contributed by atoms with Gasteiger partial charge in [0.15, 0.2) is 5.82 Å². The number of benzene rings is 1. The Morgan fingerprint density at radius 3 is 2.72 bits per heavy atom. The summed E-state index contributed by atoms with van der Waals surface area (Å²) < 4.78 is 3.83. The molecule has 2 aromatic heterocycles. The van der Waals surface area contributed by atoms with E-state index in [-0.39, 0.29) is 0 Å². The molecule has 2 heterocycles. The fourth-order valence-corrected chi connectivity index (χ4v) is 1.86. The van der Waals surface area contributed by atoms with Gasteiger partial charge in [-0.15, -0.1) is 10.2 Å². The minimum absolute atomic E-state index is 0.806. The quantitative estimate of drug-likeness (QED) is 0.703. The van der Waals surface area contributed by atoms with E-state index in [1.165, 1.54) is 0 Å². The Kier molecular flexibility index (Phi) is 2.64. The number of nitrogens with zero attached hydrogens (tertiary/aromatic N) is 5. The number of hydrogen-bond acceptors (Lipinski definition) is 3. The second-order valence-corrected chi connectivity index (χ2v) is 3.94. The minimum atomic E-state index is 0.806. The first-order valence-corrected chi connectivity index (χ1v) is 5.86. The summed E-state index contributed by atoms with van der Waals surface area (Å²) in [6.07, 6.45) is 5.50. The lowest BCUT2D eigenvalue weighted by atomic mass is 10.3. The van der Waals surface area contributed by atoms with Crippen LogP contribution < -0.4 is 0 Å². The van der Waals surface area contributed by atoms with Gasteiger partial charge in [0.2, 0.25) is 0 Å². The van der Waals surface area contributed by atoms with Gasteiger partial charge in [0.05, 0.1) is 11.8 Å². The molecule has 5 nitrogen and oxygen atoms in total. The van der Waals surface area contributed by atoms with Crippen molar-refractivity contribution in [1.82, 2.24) is 24.5 Å². The Balaban J connectivity index is 2.07. The van der Waals surface area contributed by atoms with Crippen LogP contribution in [0.5, 0.6) is 0 Å². The molecule has 0 aliphatic rings. The Labute approximate surface area is 105 Å². The van der Waals surface area contributed by atoms with Crippen LogP contribution in [-0.2, 0) is 6.54 Å². The van der Waals surface area contributed by atoms with E-state index in [0.29, 0.717) is 0 Å². The molecule has 3 rings (SSSR count). The Bertz CT molecular complexity index is 638. The molecular weight excluding hydrogens is 226 g/mol. The molecule has 0 aliphatic carbocycles. The lowest BCUT2D eigenvalue weighted by Crippen LogP contribution is -1.95. The van der Waals surface area contributed by atoms with E-state index in [1.807, 2.05) is 52.0 Å². The van der Waals surface area contributed by atoms with E-state index in [2.05, 4.69) is 22.2 Å². The third-order valence-electron chi connectivity index (χ3n) is 2.80. The van der Waals surface area contributed by atoms with Gasteiger partial charge in [0.1, 0.15) is 6.33 Å². The lowest BCUT2D eigenvalue weighted by molar-refractivity contribution is 0.660. The summed E-state index contributed by atoms with van der Waals surface area (Å²) in [5, 5.41) is 12.4. The van der Waals surface area contributed by atoms with Crippen molar-refractivity contribution < 1.29 is 0 Å². The highest BCUT2D eigenvalue weighted by molar-refractivity contribution is 5.55. The van der Waals surface area contributed by atoms with Gasteiger partial charge in [-0.1, -0.05) is 18.2 Å². The van der Waals surface area contributed by atoms with Crippen LogP contribution in [-0.4, -0.2) is 24.5 Å². The SMILES string of the molecule is CCn1cc(-c2nncn2-c2ccccc2)cn1. The van der Waals surface area contributed by atoms with Crippen LogP contribution in [0.4, 0.5) is 0 Å². The summed E-state index contributed by atoms with van der Waals surface area (Å²) in [5.74, 6) is 0.806. The molecule has 1 aromatic carbocycles. The van der Waals surface area contributed by atoms with Crippen molar-refractivity contribution in [2.75, 3.05) is 0 Å². The maximum absolute atomic E-state index is 4.26. The van der Waals surface area contributed by atoms with Crippen molar-refractivity contribution in [3.63, 3.8) is 0 Å². The Morgan fingerprint density at radius 2 is 2.00 bits per heavy atom. The number of rotatable bonds is 3. The molecule has 0 atom stereocenters. The second kappa shape index (κ2) is 4.44. The Hall–Kier alpha value is -2.43. The third kappa shape index (κ3) is 1.79. The van der Waals surface area contributed by atoms with Crippen molar-refractivity contribution in [1.29, 1.82) is 0 Å². The van der Waals surface area contributed by atoms with Gasteiger partial charge in [-0.3, -0.25) is 9.25 Å². The van der Waals surface area contributed by atoms with Crippen LogP contribution in [0, 0.1) is 0 Å². The van der Waals surface area contributed by atoms with E-state index in [0.717, 1.165) is 23.6 Å². The van der Waals surface area contributed by atoms with Crippen molar-refractivity contribution >= 4 is 0 Å². The van der Waals surface area contributed by atoms with Crippen molar-refractivity contribution in [3.05, 3.63) is 49.1 Å². The van der Waals surface area contributed by atoms with E-state index >= 15 is 0 Å². The fraction of sp³-hybridized carbons (Fsp3) is 0.154. The molecular formula is C13H13N5.